The smallest absolute Gasteiger partial charge is 0.0841 e. The Morgan fingerprint density at radius 3 is 0.284 bits per heavy atom. The topological polar surface area (TPSA) is 92.3 Å². The number of rotatable bonds is 32. The van der Waals surface area contributed by atoms with Gasteiger partial charge in [-0.3, -0.25) is 0 Å². The fourth-order valence-corrected chi connectivity index (χ4v) is 15.6. The monoisotopic (exact) mass is 1450 g/mol. The zero-order chi connectivity index (χ0) is 75.9. The summed E-state index contributed by atoms with van der Waals surface area (Å²) < 4.78 is 63.5. The number of hydrogen-bond donors (Lipinski definition) is 0. The molecule has 0 amide bonds. The van der Waals surface area contributed by atoms with Gasteiger partial charge in [0.2, 0.25) is 0 Å². The standard InChI is InChI=1S/2C26H46O5.8C5H12/c2*1-27-19-11-3-5-13-21(19)29-23-15-7-9-17-25(23)31-26-18-10-8-16-24(26)30-22-14-6-4-12-20(22)28-2;8*1-3-5-4-2/h2*19-26H,3-18H2,1-2H3;8*3-5H2,1-2H3. The molecule has 8 saturated carbocycles. The maximum atomic E-state index is 6.85. The van der Waals surface area contributed by atoms with Gasteiger partial charge >= 0.3 is 0 Å². The van der Waals surface area contributed by atoms with Crippen LogP contribution in [0.1, 0.15) is 470 Å². The Hall–Kier alpha value is -0.400. The van der Waals surface area contributed by atoms with Gasteiger partial charge in [-0.15, -0.1) is 0 Å². The van der Waals surface area contributed by atoms with Crippen molar-refractivity contribution in [3.8, 4) is 0 Å². The zero-order valence-electron chi connectivity index (χ0n) is 72.9. The van der Waals surface area contributed by atoms with E-state index in [9.17, 15) is 0 Å². The molecule has 10 nitrogen and oxygen atoms in total. The van der Waals surface area contributed by atoms with Crippen LogP contribution in [0.4, 0.5) is 0 Å². The zero-order valence-corrected chi connectivity index (χ0v) is 72.9. The summed E-state index contributed by atoms with van der Waals surface area (Å²) in [6.07, 6.45) is 74.1. The van der Waals surface area contributed by atoms with E-state index in [4.69, 9.17) is 47.4 Å². The number of unbranched alkanes of at least 4 members (excludes halogenated alkanes) is 16. The number of methoxy groups -OCH3 is 4. The van der Waals surface area contributed by atoms with Gasteiger partial charge in [0.05, 0.1) is 97.7 Å². The largest absolute Gasteiger partial charge is 0.379 e. The molecule has 0 bridgehead atoms. The molecule has 16 atom stereocenters. The molecule has 0 aromatic rings. The summed E-state index contributed by atoms with van der Waals surface area (Å²) in [5.41, 5.74) is 0. The van der Waals surface area contributed by atoms with Crippen molar-refractivity contribution >= 4 is 0 Å². The van der Waals surface area contributed by atoms with Crippen LogP contribution in [-0.4, -0.2) is 126 Å². The fraction of sp³-hybridized carbons (Fsp3) is 1.00. The molecule has 10 heteroatoms. The summed E-state index contributed by atoms with van der Waals surface area (Å²) in [7, 11) is 7.35. The van der Waals surface area contributed by atoms with E-state index in [1.807, 2.05) is 28.4 Å². The van der Waals surface area contributed by atoms with E-state index in [-0.39, 0.29) is 97.7 Å². The van der Waals surface area contributed by atoms with Gasteiger partial charge in [-0.1, -0.05) is 368 Å². The summed E-state index contributed by atoms with van der Waals surface area (Å²) in [5, 5.41) is 0. The highest BCUT2D eigenvalue weighted by Gasteiger charge is 2.41. The Labute approximate surface area is 640 Å². The Morgan fingerprint density at radius 2 is 0.216 bits per heavy atom. The van der Waals surface area contributed by atoms with Crippen molar-refractivity contribution in [1.82, 2.24) is 0 Å². The first-order chi connectivity index (χ1) is 49.9. The molecule has 0 heterocycles. The molecule has 102 heavy (non-hydrogen) atoms. The molecular weight excluding hydrogens is 1270 g/mol. The molecule has 0 saturated heterocycles. The van der Waals surface area contributed by atoms with Crippen LogP contribution in [0.2, 0.25) is 0 Å². The lowest BCUT2D eigenvalue weighted by atomic mass is 9.89. The van der Waals surface area contributed by atoms with Crippen LogP contribution < -0.4 is 0 Å². The Morgan fingerprint density at radius 1 is 0.137 bits per heavy atom. The lowest BCUT2D eigenvalue weighted by molar-refractivity contribution is -0.206. The predicted octanol–water partition coefficient (Wildman–Crippen LogP) is 28.7. The second-order valence-electron chi connectivity index (χ2n) is 31.5. The van der Waals surface area contributed by atoms with Crippen LogP contribution in [0.3, 0.4) is 0 Å². The molecule has 0 radical (unpaired) electrons. The predicted molar refractivity (Wildman–Crippen MR) is 444 cm³/mol. The Balaban J connectivity index is 0. The van der Waals surface area contributed by atoms with Gasteiger partial charge in [-0.2, -0.15) is 0 Å². The first-order valence-electron chi connectivity index (χ1n) is 45.9. The van der Waals surface area contributed by atoms with E-state index in [0.29, 0.717) is 0 Å². The SMILES string of the molecule is CCCCC.CCCCC.CCCCC.CCCCC.CCCCC.CCCCC.CCCCC.CCCCC.COC1CCCCC1OC1CCCCC1OC1CCCCC1OC1CCCCC1OC.COC1CCCCC1OC1CCCCC1OC1CCCCC1OC1CCCCC1OC. The molecule has 0 aromatic carbocycles. The van der Waals surface area contributed by atoms with Gasteiger partial charge in [0.1, 0.15) is 0 Å². The average molecular weight is 1450 g/mol. The van der Waals surface area contributed by atoms with Crippen LogP contribution in [0.25, 0.3) is 0 Å². The van der Waals surface area contributed by atoms with Crippen molar-refractivity contribution in [3.05, 3.63) is 0 Å². The Bertz CT molecular complexity index is 1340. The molecule has 8 aliphatic carbocycles. The first-order valence-corrected chi connectivity index (χ1v) is 45.9. The van der Waals surface area contributed by atoms with Gasteiger partial charge in [0, 0.05) is 28.4 Å². The number of hydrogen-bond acceptors (Lipinski definition) is 10. The van der Waals surface area contributed by atoms with Crippen molar-refractivity contribution in [2.45, 2.75) is 568 Å². The molecule has 616 valence electrons. The van der Waals surface area contributed by atoms with E-state index in [1.54, 1.807) is 0 Å². The lowest BCUT2D eigenvalue weighted by Gasteiger charge is -2.42. The van der Waals surface area contributed by atoms with Crippen LogP contribution in [0.5, 0.6) is 0 Å². The van der Waals surface area contributed by atoms with Crippen molar-refractivity contribution in [3.63, 3.8) is 0 Å². The van der Waals surface area contributed by atoms with Crippen LogP contribution in [-0.2, 0) is 47.4 Å². The summed E-state index contributed by atoms with van der Waals surface area (Å²) in [6.45, 7) is 35.4. The van der Waals surface area contributed by atoms with Gasteiger partial charge in [-0.05, 0) is 103 Å². The average Bonchev–Trinajstić information content (AvgIpc) is 0.838. The van der Waals surface area contributed by atoms with Gasteiger partial charge in [-0.25, -0.2) is 0 Å². The third-order valence-electron chi connectivity index (χ3n) is 22.1. The molecule has 0 aliphatic heterocycles. The van der Waals surface area contributed by atoms with E-state index in [0.717, 1.165) is 103 Å². The second kappa shape index (κ2) is 77.3. The third-order valence-corrected chi connectivity index (χ3v) is 22.1. The minimum absolute atomic E-state index is 0.201. The quantitative estimate of drug-likeness (QED) is 0.0648. The molecule has 16 unspecified atom stereocenters. The molecule has 0 spiro atoms. The molecule has 8 fully saturated rings. The summed E-state index contributed by atoms with van der Waals surface area (Å²) >= 11 is 0. The van der Waals surface area contributed by atoms with Gasteiger partial charge < -0.3 is 47.4 Å². The molecule has 0 aromatic heterocycles. The lowest BCUT2D eigenvalue weighted by Crippen LogP contribution is -2.48. The summed E-state index contributed by atoms with van der Waals surface area (Å²) in [4.78, 5) is 0. The molecule has 0 N–H and O–H groups in total. The molecule has 8 rings (SSSR count). The van der Waals surface area contributed by atoms with Gasteiger partial charge in [0.15, 0.2) is 0 Å². The number of ether oxygens (including phenoxy) is 10. The maximum absolute atomic E-state index is 6.85. The highest BCUT2D eigenvalue weighted by Crippen LogP contribution is 2.38. The first kappa shape index (κ1) is 104. The highest BCUT2D eigenvalue weighted by molar-refractivity contribution is 4.90. The second-order valence-corrected chi connectivity index (χ2v) is 31.5. The minimum Gasteiger partial charge on any atom is -0.379 e. The normalized spacial score (nSPS) is 29.1. The van der Waals surface area contributed by atoms with E-state index in [2.05, 4.69) is 111 Å². The van der Waals surface area contributed by atoms with Crippen molar-refractivity contribution in [2.24, 2.45) is 0 Å². The fourth-order valence-electron chi connectivity index (χ4n) is 15.6. The van der Waals surface area contributed by atoms with E-state index in [1.165, 1.54) is 257 Å². The summed E-state index contributed by atoms with van der Waals surface area (Å²) in [6, 6.07) is 0. The van der Waals surface area contributed by atoms with Crippen LogP contribution in [0.15, 0.2) is 0 Å². The van der Waals surface area contributed by atoms with E-state index >= 15 is 0 Å². The van der Waals surface area contributed by atoms with Crippen molar-refractivity contribution < 1.29 is 47.4 Å². The van der Waals surface area contributed by atoms with Gasteiger partial charge in [0.25, 0.3) is 0 Å². The Kier molecular flexibility index (Phi) is 78.6. The van der Waals surface area contributed by atoms with Crippen molar-refractivity contribution in [1.29, 1.82) is 0 Å². The maximum Gasteiger partial charge on any atom is 0.0841 e. The van der Waals surface area contributed by atoms with Crippen molar-refractivity contribution in [2.75, 3.05) is 28.4 Å². The van der Waals surface area contributed by atoms with Crippen LogP contribution >= 0.6 is 0 Å². The summed E-state index contributed by atoms with van der Waals surface area (Å²) in [5.74, 6) is 0. The third kappa shape index (κ3) is 52.7. The minimum atomic E-state index is 0.201. The molecule has 8 aliphatic rings. The highest BCUT2D eigenvalue weighted by atomic mass is 16.6. The molecular formula is C92H188O10. The van der Waals surface area contributed by atoms with Crippen LogP contribution in [0, 0.1) is 0 Å². The van der Waals surface area contributed by atoms with E-state index < -0.39 is 0 Å².